The Kier molecular flexibility index (Phi) is 5.96. The summed E-state index contributed by atoms with van der Waals surface area (Å²) in [5.41, 5.74) is 3.49. The fourth-order valence-corrected chi connectivity index (χ4v) is 3.37. The van der Waals surface area contributed by atoms with Gasteiger partial charge in [-0.3, -0.25) is 4.79 Å². The van der Waals surface area contributed by atoms with Crippen LogP contribution in [-0.2, 0) is 10.5 Å². The average Bonchev–Trinajstić information content (AvgIpc) is 3.16. The average molecular weight is 351 g/mol. The highest BCUT2D eigenvalue weighted by Crippen LogP contribution is 2.22. The van der Waals surface area contributed by atoms with Crippen LogP contribution in [0.15, 0.2) is 77.4 Å². The first-order valence-electron chi connectivity index (χ1n) is 8.23. The zero-order valence-corrected chi connectivity index (χ0v) is 15.0. The van der Waals surface area contributed by atoms with Gasteiger partial charge < -0.3 is 9.73 Å². The van der Waals surface area contributed by atoms with Gasteiger partial charge >= 0.3 is 0 Å². The summed E-state index contributed by atoms with van der Waals surface area (Å²) in [6, 6.07) is 21.7. The molecule has 0 saturated heterocycles. The van der Waals surface area contributed by atoms with Crippen molar-refractivity contribution in [3.63, 3.8) is 0 Å². The number of rotatable bonds is 7. The molecule has 0 aliphatic rings. The maximum absolute atomic E-state index is 12.4. The van der Waals surface area contributed by atoms with E-state index >= 15 is 0 Å². The van der Waals surface area contributed by atoms with E-state index in [1.807, 2.05) is 42.5 Å². The largest absolute Gasteiger partial charge is 0.467 e. The molecule has 2 aromatic carbocycles. The van der Waals surface area contributed by atoms with E-state index in [0.29, 0.717) is 5.75 Å². The molecule has 25 heavy (non-hydrogen) atoms. The standard InChI is InChI=1S/C21H21NO2S/c1-16-9-11-17(12-10-16)14-25-15-20(23)22-21(19-8-5-13-24-19)18-6-3-2-4-7-18/h2-13,21H,14-15H2,1H3,(H,22,23). The first-order valence-corrected chi connectivity index (χ1v) is 9.39. The van der Waals surface area contributed by atoms with E-state index in [9.17, 15) is 4.79 Å². The smallest absolute Gasteiger partial charge is 0.230 e. The molecule has 0 fully saturated rings. The molecule has 0 aliphatic heterocycles. The van der Waals surface area contributed by atoms with Crippen LogP contribution in [0.5, 0.6) is 0 Å². The molecule has 3 rings (SSSR count). The maximum Gasteiger partial charge on any atom is 0.230 e. The van der Waals surface area contributed by atoms with Gasteiger partial charge in [-0.25, -0.2) is 0 Å². The van der Waals surface area contributed by atoms with Crippen LogP contribution >= 0.6 is 11.8 Å². The van der Waals surface area contributed by atoms with Crippen LogP contribution in [0, 0.1) is 6.92 Å². The Morgan fingerprint density at radius 3 is 2.48 bits per heavy atom. The summed E-state index contributed by atoms with van der Waals surface area (Å²) in [4.78, 5) is 12.4. The quantitative estimate of drug-likeness (QED) is 0.669. The predicted octanol–water partition coefficient (Wildman–Crippen LogP) is 4.73. The van der Waals surface area contributed by atoms with E-state index in [0.717, 1.165) is 17.1 Å². The summed E-state index contributed by atoms with van der Waals surface area (Å²) in [6.07, 6.45) is 1.63. The number of carbonyl (C=O) groups excluding carboxylic acids is 1. The van der Waals surface area contributed by atoms with E-state index in [4.69, 9.17) is 4.42 Å². The Labute approximate surface area is 152 Å². The fourth-order valence-electron chi connectivity index (χ4n) is 2.57. The molecule has 1 unspecified atom stereocenters. The second-order valence-electron chi connectivity index (χ2n) is 5.91. The Bertz CT molecular complexity index is 783. The zero-order valence-electron chi connectivity index (χ0n) is 14.1. The van der Waals surface area contributed by atoms with Gasteiger partial charge in [0.25, 0.3) is 0 Å². The molecule has 1 atom stereocenters. The first-order chi connectivity index (χ1) is 12.2. The van der Waals surface area contributed by atoms with Gasteiger partial charge in [0.2, 0.25) is 5.91 Å². The summed E-state index contributed by atoms with van der Waals surface area (Å²) in [7, 11) is 0. The summed E-state index contributed by atoms with van der Waals surface area (Å²) < 4.78 is 5.51. The van der Waals surface area contributed by atoms with Gasteiger partial charge in [0.05, 0.1) is 12.0 Å². The summed E-state index contributed by atoms with van der Waals surface area (Å²) >= 11 is 1.61. The lowest BCUT2D eigenvalue weighted by molar-refractivity contribution is -0.119. The number of benzene rings is 2. The summed E-state index contributed by atoms with van der Waals surface area (Å²) in [5, 5.41) is 3.08. The molecule has 1 N–H and O–H groups in total. The van der Waals surface area contributed by atoms with Crippen LogP contribution in [0.1, 0.15) is 28.5 Å². The third-order valence-corrected chi connectivity index (χ3v) is 4.89. The number of amides is 1. The van der Waals surface area contributed by atoms with Crippen LogP contribution in [-0.4, -0.2) is 11.7 Å². The maximum atomic E-state index is 12.4. The predicted molar refractivity (Wildman–Crippen MR) is 102 cm³/mol. The molecule has 0 bridgehead atoms. The minimum atomic E-state index is -0.260. The van der Waals surface area contributed by atoms with Gasteiger partial charge in [0.1, 0.15) is 11.8 Å². The van der Waals surface area contributed by atoms with E-state index < -0.39 is 0 Å². The lowest BCUT2D eigenvalue weighted by atomic mass is 10.0. The van der Waals surface area contributed by atoms with E-state index in [-0.39, 0.29) is 11.9 Å². The minimum absolute atomic E-state index is 0.00219. The Hall–Kier alpha value is -2.46. The molecular formula is C21H21NO2S. The van der Waals surface area contributed by atoms with Gasteiger partial charge in [-0.2, -0.15) is 0 Å². The molecule has 0 aliphatic carbocycles. The van der Waals surface area contributed by atoms with E-state index in [2.05, 4.69) is 36.5 Å². The SMILES string of the molecule is Cc1ccc(CSCC(=O)NC(c2ccccc2)c2ccco2)cc1. The van der Waals surface area contributed by atoms with Crippen molar-refractivity contribution >= 4 is 17.7 Å². The van der Waals surface area contributed by atoms with Crippen molar-refractivity contribution < 1.29 is 9.21 Å². The number of aryl methyl sites for hydroxylation is 1. The lowest BCUT2D eigenvalue weighted by Crippen LogP contribution is -2.30. The van der Waals surface area contributed by atoms with Gasteiger partial charge in [0, 0.05) is 5.75 Å². The van der Waals surface area contributed by atoms with Gasteiger partial charge in [-0.15, -0.1) is 11.8 Å². The fraction of sp³-hybridized carbons (Fsp3) is 0.190. The molecular weight excluding hydrogens is 330 g/mol. The second-order valence-corrected chi connectivity index (χ2v) is 6.89. The topological polar surface area (TPSA) is 42.2 Å². The summed E-state index contributed by atoms with van der Waals surface area (Å²) in [6.45, 7) is 2.07. The molecule has 128 valence electrons. The molecule has 3 aromatic rings. The summed E-state index contributed by atoms with van der Waals surface area (Å²) in [5.74, 6) is 1.98. The van der Waals surface area contributed by atoms with Crippen molar-refractivity contribution in [2.45, 2.75) is 18.7 Å². The number of nitrogens with one attached hydrogen (secondary N) is 1. The van der Waals surface area contributed by atoms with Crippen molar-refractivity contribution in [2.75, 3.05) is 5.75 Å². The molecule has 0 saturated carbocycles. The Balaban J connectivity index is 1.58. The number of hydrogen-bond acceptors (Lipinski definition) is 3. The van der Waals surface area contributed by atoms with Crippen LogP contribution in [0.25, 0.3) is 0 Å². The van der Waals surface area contributed by atoms with Crippen molar-refractivity contribution in [3.8, 4) is 0 Å². The normalized spacial score (nSPS) is 11.9. The van der Waals surface area contributed by atoms with Gasteiger partial charge in [-0.1, -0.05) is 60.2 Å². The van der Waals surface area contributed by atoms with Gasteiger partial charge in [-0.05, 0) is 30.2 Å². The highest BCUT2D eigenvalue weighted by molar-refractivity contribution is 7.99. The molecule has 0 radical (unpaired) electrons. The van der Waals surface area contributed by atoms with Crippen molar-refractivity contribution in [1.82, 2.24) is 5.32 Å². The molecule has 1 amide bonds. The third kappa shape index (κ3) is 5.00. The molecule has 4 heteroatoms. The van der Waals surface area contributed by atoms with Crippen molar-refractivity contribution in [2.24, 2.45) is 0 Å². The first kappa shape index (κ1) is 17.4. The Morgan fingerprint density at radius 1 is 1.04 bits per heavy atom. The third-order valence-electron chi connectivity index (χ3n) is 3.89. The van der Waals surface area contributed by atoms with Crippen LogP contribution in [0.3, 0.4) is 0 Å². The molecule has 0 spiro atoms. The number of hydrogen-bond donors (Lipinski definition) is 1. The second kappa shape index (κ2) is 8.58. The van der Waals surface area contributed by atoms with Crippen molar-refractivity contribution in [1.29, 1.82) is 0 Å². The number of carbonyl (C=O) groups is 1. The monoisotopic (exact) mass is 351 g/mol. The van der Waals surface area contributed by atoms with Crippen molar-refractivity contribution in [3.05, 3.63) is 95.4 Å². The van der Waals surface area contributed by atoms with E-state index in [1.54, 1.807) is 18.0 Å². The van der Waals surface area contributed by atoms with Gasteiger partial charge in [0.15, 0.2) is 0 Å². The lowest BCUT2D eigenvalue weighted by Gasteiger charge is -2.17. The highest BCUT2D eigenvalue weighted by Gasteiger charge is 2.19. The minimum Gasteiger partial charge on any atom is -0.467 e. The number of furan rings is 1. The Morgan fingerprint density at radius 2 is 1.80 bits per heavy atom. The number of thioether (sulfide) groups is 1. The highest BCUT2D eigenvalue weighted by atomic mass is 32.2. The van der Waals surface area contributed by atoms with Crippen LogP contribution < -0.4 is 5.32 Å². The zero-order chi connectivity index (χ0) is 17.5. The molecule has 1 aromatic heterocycles. The van der Waals surface area contributed by atoms with Crippen LogP contribution in [0.4, 0.5) is 0 Å². The molecule has 1 heterocycles. The van der Waals surface area contributed by atoms with Crippen LogP contribution in [0.2, 0.25) is 0 Å². The van der Waals surface area contributed by atoms with E-state index in [1.165, 1.54) is 11.1 Å². The molecule has 3 nitrogen and oxygen atoms in total.